The SMILES string of the molecule is CC(C)[C@H](N)C(=O)NCC(=O)N1CCN(c2ccc3ccccc3n2)CC1.Cl.Cl. The number of amides is 2. The lowest BCUT2D eigenvalue weighted by Crippen LogP contribution is -2.53. The normalized spacial score (nSPS) is 14.8. The minimum absolute atomic E-state index is 0. The lowest BCUT2D eigenvalue weighted by Gasteiger charge is -2.35. The number of rotatable bonds is 5. The van der Waals surface area contributed by atoms with Gasteiger partial charge in [-0.05, 0) is 24.1 Å². The van der Waals surface area contributed by atoms with E-state index in [4.69, 9.17) is 10.7 Å². The van der Waals surface area contributed by atoms with Crippen LogP contribution in [0.4, 0.5) is 5.82 Å². The first-order valence-corrected chi connectivity index (χ1v) is 9.37. The Bertz CT molecular complexity index is 825. The van der Waals surface area contributed by atoms with Crippen molar-refractivity contribution < 1.29 is 9.59 Å². The standard InChI is InChI=1S/C20H27N5O2.2ClH/c1-14(2)19(21)20(27)22-13-18(26)25-11-9-24(10-12-25)17-8-7-15-5-3-4-6-16(15)23-17;;/h3-8,14,19H,9-13,21H2,1-2H3,(H,22,27);2*1H/t19-;;/m0../s1. The molecule has 2 amide bonds. The molecule has 2 aromatic rings. The average Bonchev–Trinajstić information content (AvgIpc) is 2.70. The molecule has 1 saturated heterocycles. The molecule has 3 rings (SSSR count). The summed E-state index contributed by atoms with van der Waals surface area (Å²) in [6.07, 6.45) is 0. The number of nitrogens with one attached hydrogen (secondary N) is 1. The number of benzene rings is 1. The number of pyridine rings is 1. The number of anilines is 1. The summed E-state index contributed by atoms with van der Waals surface area (Å²) in [4.78, 5) is 32.9. The van der Waals surface area contributed by atoms with Crippen molar-refractivity contribution in [1.29, 1.82) is 0 Å². The zero-order valence-corrected chi connectivity index (χ0v) is 18.3. The molecule has 0 aliphatic carbocycles. The van der Waals surface area contributed by atoms with Crippen molar-refractivity contribution in [3.05, 3.63) is 36.4 Å². The maximum absolute atomic E-state index is 12.3. The Balaban J connectivity index is 0.00000210. The fraction of sp³-hybridized carbons (Fsp3) is 0.450. The monoisotopic (exact) mass is 441 g/mol. The van der Waals surface area contributed by atoms with Crippen molar-refractivity contribution in [1.82, 2.24) is 15.2 Å². The summed E-state index contributed by atoms with van der Waals surface area (Å²) in [5.41, 5.74) is 6.77. The van der Waals surface area contributed by atoms with Gasteiger partial charge in [-0.15, -0.1) is 24.8 Å². The number of fused-ring (bicyclic) bond motifs is 1. The van der Waals surface area contributed by atoms with E-state index in [0.29, 0.717) is 13.1 Å². The Morgan fingerprint density at radius 2 is 1.72 bits per heavy atom. The van der Waals surface area contributed by atoms with Crippen LogP contribution in [0.5, 0.6) is 0 Å². The van der Waals surface area contributed by atoms with Gasteiger partial charge in [0.05, 0.1) is 18.1 Å². The van der Waals surface area contributed by atoms with Gasteiger partial charge in [0.2, 0.25) is 11.8 Å². The van der Waals surface area contributed by atoms with Crippen LogP contribution in [0.25, 0.3) is 10.9 Å². The van der Waals surface area contributed by atoms with E-state index in [9.17, 15) is 9.59 Å². The first-order valence-electron chi connectivity index (χ1n) is 9.37. The predicted octanol–water partition coefficient (Wildman–Crippen LogP) is 1.83. The van der Waals surface area contributed by atoms with Gasteiger partial charge < -0.3 is 20.9 Å². The van der Waals surface area contributed by atoms with E-state index in [1.54, 1.807) is 4.90 Å². The number of carbonyl (C=O) groups excluding carboxylic acids is 2. The van der Waals surface area contributed by atoms with E-state index in [1.807, 2.05) is 44.2 Å². The molecule has 2 heterocycles. The van der Waals surface area contributed by atoms with Gasteiger partial charge in [-0.2, -0.15) is 0 Å². The highest BCUT2D eigenvalue weighted by Crippen LogP contribution is 2.19. The minimum atomic E-state index is -0.589. The molecule has 1 aromatic carbocycles. The number of aromatic nitrogens is 1. The Hall–Kier alpha value is -2.09. The summed E-state index contributed by atoms with van der Waals surface area (Å²) in [5, 5.41) is 3.76. The molecule has 1 aromatic heterocycles. The summed E-state index contributed by atoms with van der Waals surface area (Å²) in [6, 6.07) is 11.5. The second-order valence-electron chi connectivity index (χ2n) is 7.22. The molecule has 0 saturated carbocycles. The lowest BCUT2D eigenvalue weighted by molar-refractivity contribution is -0.133. The van der Waals surface area contributed by atoms with Crippen LogP contribution in [0.2, 0.25) is 0 Å². The van der Waals surface area contributed by atoms with E-state index in [0.717, 1.165) is 29.8 Å². The summed E-state index contributed by atoms with van der Waals surface area (Å²) >= 11 is 0. The maximum Gasteiger partial charge on any atom is 0.242 e. The predicted molar refractivity (Wildman–Crippen MR) is 121 cm³/mol. The smallest absolute Gasteiger partial charge is 0.242 e. The van der Waals surface area contributed by atoms with E-state index in [2.05, 4.69) is 16.3 Å². The fourth-order valence-electron chi connectivity index (χ4n) is 3.11. The topological polar surface area (TPSA) is 91.6 Å². The number of halogens is 2. The van der Waals surface area contributed by atoms with Gasteiger partial charge in [-0.1, -0.05) is 32.0 Å². The van der Waals surface area contributed by atoms with E-state index in [-0.39, 0.29) is 49.1 Å². The van der Waals surface area contributed by atoms with Crippen LogP contribution in [0.15, 0.2) is 36.4 Å². The Morgan fingerprint density at radius 3 is 2.38 bits per heavy atom. The van der Waals surface area contributed by atoms with Crippen LogP contribution in [-0.2, 0) is 9.59 Å². The zero-order valence-electron chi connectivity index (χ0n) is 16.7. The largest absolute Gasteiger partial charge is 0.353 e. The number of para-hydroxylation sites is 1. The molecule has 1 aliphatic heterocycles. The average molecular weight is 442 g/mol. The second kappa shape index (κ2) is 11.2. The van der Waals surface area contributed by atoms with Gasteiger partial charge in [0, 0.05) is 31.6 Å². The summed E-state index contributed by atoms with van der Waals surface area (Å²) in [6.45, 7) is 6.41. The van der Waals surface area contributed by atoms with Crippen LogP contribution in [0, 0.1) is 5.92 Å². The molecule has 1 atom stereocenters. The highest BCUT2D eigenvalue weighted by atomic mass is 35.5. The number of piperazine rings is 1. The number of hydrogen-bond donors (Lipinski definition) is 2. The van der Waals surface area contributed by atoms with Gasteiger partial charge >= 0.3 is 0 Å². The number of carbonyl (C=O) groups is 2. The molecule has 9 heteroatoms. The van der Waals surface area contributed by atoms with E-state index >= 15 is 0 Å². The van der Waals surface area contributed by atoms with Crippen LogP contribution < -0.4 is 16.0 Å². The molecule has 1 aliphatic rings. The number of nitrogens with zero attached hydrogens (tertiary/aromatic N) is 3. The highest BCUT2D eigenvalue weighted by Gasteiger charge is 2.23. The van der Waals surface area contributed by atoms with Crippen molar-refractivity contribution in [2.24, 2.45) is 11.7 Å². The van der Waals surface area contributed by atoms with Crippen molar-refractivity contribution in [3.63, 3.8) is 0 Å². The molecule has 1 fully saturated rings. The Labute approximate surface area is 183 Å². The highest BCUT2D eigenvalue weighted by molar-refractivity contribution is 5.87. The molecule has 7 nitrogen and oxygen atoms in total. The molecular formula is C20H29Cl2N5O2. The molecule has 3 N–H and O–H groups in total. The van der Waals surface area contributed by atoms with Gasteiger partial charge in [0.25, 0.3) is 0 Å². The summed E-state index contributed by atoms with van der Waals surface area (Å²) in [5.74, 6) is 0.609. The third-order valence-corrected chi connectivity index (χ3v) is 4.97. The van der Waals surface area contributed by atoms with Gasteiger partial charge in [0.15, 0.2) is 0 Å². The zero-order chi connectivity index (χ0) is 19.4. The first kappa shape index (κ1) is 24.9. The van der Waals surface area contributed by atoms with Crippen LogP contribution >= 0.6 is 24.8 Å². The summed E-state index contributed by atoms with van der Waals surface area (Å²) in [7, 11) is 0. The maximum atomic E-state index is 12.3. The molecule has 0 radical (unpaired) electrons. The molecule has 0 bridgehead atoms. The summed E-state index contributed by atoms with van der Waals surface area (Å²) < 4.78 is 0. The van der Waals surface area contributed by atoms with Crippen LogP contribution in [0.1, 0.15) is 13.8 Å². The molecule has 160 valence electrons. The molecule has 0 spiro atoms. The second-order valence-corrected chi connectivity index (χ2v) is 7.22. The molecular weight excluding hydrogens is 413 g/mol. The third-order valence-electron chi connectivity index (χ3n) is 4.97. The van der Waals surface area contributed by atoms with Crippen molar-refractivity contribution >= 4 is 53.3 Å². The lowest BCUT2D eigenvalue weighted by atomic mass is 10.1. The Morgan fingerprint density at radius 1 is 1.07 bits per heavy atom. The van der Waals surface area contributed by atoms with Crippen molar-refractivity contribution in [2.75, 3.05) is 37.6 Å². The number of nitrogens with two attached hydrogens (primary N) is 1. The van der Waals surface area contributed by atoms with Gasteiger partial charge in [0.1, 0.15) is 5.82 Å². The minimum Gasteiger partial charge on any atom is -0.353 e. The van der Waals surface area contributed by atoms with E-state index < -0.39 is 6.04 Å². The fourth-order valence-corrected chi connectivity index (χ4v) is 3.11. The van der Waals surface area contributed by atoms with E-state index in [1.165, 1.54) is 0 Å². The number of hydrogen-bond acceptors (Lipinski definition) is 5. The van der Waals surface area contributed by atoms with Gasteiger partial charge in [-0.25, -0.2) is 4.98 Å². The quantitative estimate of drug-likeness (QED) is 0.737. The van der Waals surface area contributed by atoms with Gasteiger partial charge in [-0.3, -0.25) is 9.59 Å². The molecule has 0 unspecified atom stereocenters. The Kier molecular flexibility index (Phi) is 9.62. The third kappa shape index (κ3) is 6.19. The first-order chi connectivity index (χ1) is 13.0. The van der Waals surface area contributed by atoms with Crippen LogP contribution in [0.3, 0.4) is 0 Å². The van der Waals surface area contributed by atoms with Crippen LogP contribution in [-0.4, -0.2) is 60.5 Å². The van der Waals surface area contributed by atoms with Crippen molar-refractivity contribution in [3.8, 4) is 0 Å². The molecule has 29 heavy (non-hydrogen) atoms. The van der Waals surface area contributed by atoms with Crippen molar-refractivity contribution in [2.45, 2.75) is 19.9 Å².